The van der Waals surface area contributed by atoms with Crippen molar-refractivity contribution in [3.05, 3.63) is 11.6 Å². The summed E-state index contributed by atoms with van der Waals surface area (Å²) in [6, 6.07) is 0. The Labute approximate surface area is 85.6 Å². The minimum absolute atomic E-state index is 0.863. The van der Waals surface area contributed by atoms with Crippen LogP contribution in [-0.4, -0.2) is 5.33 Å². The highest BCUT2D eigenvalue weighted by atomic mass is 79.9. The SMILES string of the molecule is CCCC(C)CC(C)=CCCBr. The lowest BCUT2D eigenvalue weighted by Gasteiger charge is -2.09. The quantitative estimate of drug-likeness (QED) is 0.466. The van der Waals surface area contributed by atoms with E-state index in [1.807, 2.05) is 0 Å². The molecule has 0 saturated heterocycles. The molecule has 0 aromatic heterocycles. The molecule has 0 saturated carbocycles. The van der Waals surface area contributed by atoms with Crippen LogP contribution < -0.4 is 0 Å². The number of hydrogen-bond acceptors (Lipinski definition) is 0. The molecule has 0 heterocycles. The third kappa shape index (κ3) is 6.90. The van der Waals surface area contributed by atoms with Gasteiger partial charge in [0.1, 0.15) is 0 Å². The minimum atomic E-state index is 0.863. The topological polar surface area (TPSA) is 0 Å². The second-order valence-electron chi connectivity index (χ2n) is 3.63. The summed E-state index contributed by atoms with van der Waals surface area (Å²) in [4.78, 5) is 0. The molecule has 0 aliphatic carbocycles. The lowest BCUT2D eigenvalue weighted by atomic mass is 9.97. The molecule has 0 rings (SSSR count). The average molecular weight is 233 g/mol. The number of allylic oxidation sites excluding steroid dienone is 2. The predicted octanol–water partition coefficient (Wildman–Crippen LogP) is 4.54. The molecule has 1 atom stereocenters. The van der Waals surface area contributed by atoms with Gasteiger partial charge in [0, 0.05) is 5.33 Å². The fourth-order valence-corrected chi connectivity index (χ4v) is 1.76. The molecule has 0 nitrogen and oxygen atoms in total. The van der Waals surface area contributed by atoms with Crippen molar-refractivity contribution in [2.75, 3.05) is 5.33 Å². The zero-order chi connectivity index (χ0) is 9.40. The van der Waals surface area contributed by atoms with Gasteiger partial charge in [-0.05, 0) is 25.7 Å². The number of hydrogen-bond donors (Lipinski definition) is 0. The van der Waals surface area contributed by atoms with Gasteiger partial charge in [-0.1, -0.05) is 54.3 Å². The molecular formula is C11H21Br. The largest absolute Gasteiger partial charge is 0.0925 e. The molecule has 1 unspecified atom stereocenters. The van der Waals surface area contributed by atoms with Gasteiger partial charge in [0.25, 0.3) is 0 Å². The van der Waals surface area contributed by atoms with Crippen LogP contribution >= 0.6 is 15.9 Å². The fraction of sp³-hybridized carbons (Fsp3) is 0.818. The zero-order valence-corrected chi connectivity index (χ0v) is 10.2. The van der Waals surface area contributed by atoms with Gasteiger partial charge >= 0.3 is 0 Å². The van der Waals surface area contributed by atoms with E-state index in [0.29, 0.717) is 0 Å². The number of alkyl halides is 1. The van der Waals surface area contributed by atoms with Crippen LogP contribution in [0.15, 0.2) is 11.6 Å². The van der Waals surface area contributed by atoms with Crippen LogP contribution in [0.2, 0.25) is 0 Å². The van der Waals surface area contributed by atoms with Crippen LogP contribution in [-0.2, 0) is 0 Å². The van der Waals surface area contributed by atoms with E-state index < -0.39 is 0 Å². The highest BCUT2D eigenvalue weighted by Crippen LogP contribution is 2.16. The van der Waals surface area contributed by atoms with E-state index in [1.54, 1.807) is 5.57 Å². The van der Waals surface area contributed by atoms with E-state index in [4.69, 9.17) is 0 Å². The first-order valence-corrected chi connectivity index (χ1v) is 6.04. The van der Waals surface area contributed by atoms with Crippen LogP contribution in [0.4, 0.5) is 0 Å². The normalized spacial score (nSPS) is 14.8. The molecular weight excluding hydrogens is 212 g/mol. The van der Waals surface area contributed by atoms with E-state index in [2.05, 4.69) is 42.8 Å². The maximum atomic E-state index is 3.43. The first kappa shape index (κ1) is 12.2. The smallest absolute Gasteiger partial charge is 0.00660 e. The van der Waals surface area contributed by atoms with E-state index in [-0.39, 0.29) is 0 Å². The standard InChI is InChI=1S/C11H21Br/c1-4-6-10(2)9-11(3)7-5-8-12/h7,10H,4-6,8-9H2,1-3H3. The Morgan fingerprint density at radius 2 is 2.17 bits per heavy atom. The van der Waals surface area contributed by atoms with Gasteiger partial charge in [0.2, 0.25) is 0 Å². The second kappa shape index (κ2) is 7.85. The Kier molecular flexibility index (Phi) is 7.99. The van der Waals surface area contributed by atoms with Gasteiger partial charge in [0.15, 0.2) is 0 Å². The summed E-state index contributed by atoms with van der Waals surface area (Å²) >= 11 is 3.43. The van der Waals surface area contributed by atoms with E-state index in [1.165, 1.54) is 25.7 Å². The lowest BCUT2D eigenvalue weighted by molar-refractivity contribution is 0.519. The third-order valence-corrected chi connectivity index (χ3v) is 2.51. The van der Waals surface area contributed by atoms with E-state index >= 15 is 0 Å². The summed E-state index contributed by atoms with van der Waals surface area (Å²) in [5, 5.41) is 1.09. The summed E-state index contributed by atoms with van der Waals surface area (Å²) in [5.74, 6) is 0.863. The summed E-state index contributed by atoms with van der Waals surface area (Å²) in [6.45, 7) is 6.85. The molecule has 0 radical (unpaired) electrons. The van der Waals surface area contributed by atoms with Gasteiger partial charge in [0.05, 0.1) is 0 Å². The molecule has 0 aliphatic rings. The molecule has 0 bridgehead atoms. The molecule has 0 fully saturated rings. The Morgan fingerprint density at radius 1 is 1.50 bits per heavy atom. The monoisotopic (exact) mass is 232 g/mol. The zero-order valence-electron chi connectivity index (χ0n) is 8.57. The Bertz CT molecular complexity index is 127. The highest BCUT2D eigenvalue weighted by Gasteiger charge is 2.00. The molecule has 0 aromatic rings. The predicted molar refractivity (Wildman–Crippen MR) is 60.9 cm³/mol. The van der Waals surface area contributed by atoms with Gasteiger partial charge in [-0.2, -0.15) is 0 Å². The minimum Gasteiger partial charge on any atom is -0.0925 e. The van der Waals surface area contributed by atoms with Crippen LogP contribution in [0.3, 0.4) is 0 Å². The van der Waals surface area contributed by atoms with Crippen molar-refractivity contribution >= 4 is 15.9 Å². The second-order valence-corrected chi connectivity index (χ2v) is 4.42. The molecule has 0 aromatic carbocycles. The molecule has 0 spiro atoms. The van der Waals surface area contributed by atoms with E-state index in [0.717, 1.165) is 11.2 Å². The average Bonchev–Trinajstić information content (AvgIpc) is 2.01. The summed E-state index contributed by atoms with van der Waals surface area (Å²) < 4.78 is 0. The van der Waals surface area contributed by atoms with Gasteiger partial charge in [-0.3, -0.25) is 0 Å². The van der Waals surface area contributed by atoms with Crippen molar-refractivity contribution in [2.45, 2.75) is 46.5 Å². The maximum absolute atomic E-state index is 3.43. The number of halogens is 1. The third-order valence-electron chi connectivity index (χ3n) is 2.05. The maximum Gasteiger partial charge on any atom is 0.00660 e. The first-order valence-electron chi connectivity index (χ1n) is 4.92. The van der Waals surface area contributed by atoms with Crippen LogP contribution in [0.1, 0.15) is 46.5 Å². The van der Waals surface area contributed by atoms with Crippen molar-refractivity contribution in [2.24, 2.45) is 5.92 Å². The first-order chi connectivity index (χ1) is 5.70. The van der Waals surface area contributed by atoms with Crippen molar-refractivity contribution in [1.82, 2.24) is 0 Å². The molecule has 0 aliphatic heterocycles. The molecule has 1 heteroatoms. The lowest BCUT2D eigenvalue weighted by Crippen LogP contribution is -1.94. The van der Waals surface area contributed by atoms with E-state index in [9.17, 15) is 0 Å². The van der Waals surface area contributed by atoms with Crippen molar-refractivity contribution in [1.29, 1.82) is 0 Å². The molecule has 0 N–H and O–H groups in total. The van der Waals surface area contributed by atoms with Crippen LogP contribution in [0, 0.1) is 5.92 Å². The van der Waals surface area contributed by atoms with Crippen LogP contribution in [0.5, 0.6) is 0 Å². The molecule has 72 valence electrons. The number of rotatable bonds is 6. The van der Waals surface area contributed by atoms with Gasteiger partial charge < -0.3 is 0 Å². The van der Waals surface area contributed by atoms with Crippen molar-refractivity contribution in [3.8, 4) is 0 Å². The van der Waals surface area contributed by atoms with Gasteiger partial charge in [-0.15, -0.1) is 0 Å². The van der Waals surface area contributed by atoms with Crippen LogP contribution in [0.25, 0.3) is 0 Å². The fourth-order valence-electron chi connectivity index (χ4n) is 1.53. The molecule has 0 amide bonds. The Balaban J connectivity index is 3.59. The Hall–Kier alpha value is 0.220. The van der Waals surface area contributed by atoms with Crippen molar-refractivity contribution in [3.63, 3.8) is 0 Å². The molecule has 12 heavy (non-hydrogen) atoms. The van der Waals surface area contributed by atoms with Gasteiger partial charge in [-0.25, -0.2) is 0 Å². The summed E-state index contributed by atoms with van der Waals surface area (Å²) in [7, 11) is 0. The van der Waals surface area contributed by atoms with Crippen molar-refractivity contribution < 1.29 is 0 Å². The Morgan fingerprint density at radius 3 is 2.67 bits per heavy atom. The summed E-state index contributed by atoms with van der Waals surface area (Å²) in [6.07, 6.45) is 7.47. The summed E-state index contributed by atoms with van der Waals surface area (Å²) in [5.41, 5.74) is 1.55. The highest BCUT2D eigenvalue weighted by molar-refractivity contribution is 9.09.